The van der Waals surface area contributed by atoms with E-state index in [9.17, 15) is 13.2 Å². The Bertz CT molecular complexity index is 1230. The van der Waals surface area contributed by atoms with E-state index < -0.39 is 10.0 Å². The molecule has 0 atom stereocenters. The van der Waals surface area contributed by atoms with E-state index in [0.717, 1.165) is 12.1 Å². The zero-order valence-electron chi connectivity index (χ0n) is 18.0. The average Bonchev–Trinajstić information content (AvgIpc) is 3.29. The summed E-state index contributed by atoms with van der Waals surface area (Å²) >= 11 is 0. The molecule has 0 radical (unpaired) electrons. The van der Waals surface area contributed by atoms with Crippen LogP contribution in [0.1, 0.15) is 16.8 Å². The number of rotatable bonds is 4. The van der Waals surface area contributed by atoms with Crippen molar-refractivity contribution in [2.75, 3.05) is 39.4 Å². The van der Waals surface area contributed by atoms with Gasteiger partial charge in [0.15, 0.2) is 11.5 Å². The van der Waals surface area contributed by atoms with Crippen LogP contribution in [0.4, 0.5) is 0 Å². The Balaban J connectivity index is 1.25. The molecule has 0 bridgehead atoms. The number of benzene rings is 2. The number of hydrogen-bond acceptors (Lipinski definition) is 6. The molecule has 3 heterocycles. The molecule has 0 unspecified atom stereocenters. The third-order valence-corrected chi connectivity index (χ3v) is 7.66. The van der Waals surface area contributed by atoms with Crippen LogP contribution < -0.4 is 9.47 Å². The lowest BCUT2D eigenvalue weighted by Gasteiger charge is -2.34. The Kier molecular flexibility index (Phi) is 5.77. The van der Waals surface area contributed by atoms with Gasteiger partial charge >= 0.3 is 0 Å². The molecule has 3 aromatic rings. The summed E-state index contributed by atoms with van der Waals surface area (Å²) in [5.74, 6) is 0.885. The highest BCUT2D eigenvalue weighted by molar-refractivity contribution is 7.89. The lowest BCUT2D eigenvalue weighted by Crippen LogP contribution is -2.50. The number of fused-ring (bicyclic) bond motifs is 1. The molecular weight excluding hydrogens is 444 g/mol. The highest BCUT2D eigenvalue weighted by Crippen LogP contribution is 2.33. The van der Waals surface area contributed by atoms with Crippen molar-refractivity contribution in [1.82, 2.24) is 19.0 Å². The molecule has 0 saturated carbocycles. The molecule has 1 fully saturated rings. The standard InChI is InChI=1S/C23H24N4O5S/c28-23(18-3-5-19(6-4-18)27-10-1-9-24-27)25-11-13-26(14-12-25)33(29,30)20-7-8-21-22(17-20)32-16-2-15-31-21/h1,3-10,17H,2,11-16H2. The Morgan fingerprint density at radius 3 is 2.33 bits per heavy atom. The molecule has 1 amide bonds. The highest BCUT2D eigenvalue weighted by Gasteiger charge is 2.31. The molecule has 9 nitrogen and oxygen atoms in total. The molecule has 33 heavy (non-hydrogen) atoms. The monoisotopic (exact) mass is 468 g/mol. The molecule has 2 aliphatic rings. The number of amides is 1. The van der Waals surface area contributed by atoms with E-state index in [-0.39, 0.29) is 23.9 Å². The van der Waals surface area contributed by atoms with Gasteiger partial charge in [-0.25, -0.2) is 13.1 Å². The smallest absolute Gasteiger partial charge is 0.253 e. The number of aromatic nitrogens is 2. The number of sulfonamides is 1. The predicted octanol–water partition coefficient (Wildman–Crippen LogP) is 2.18. The van der Waals surface area contributed by atoms with E-state index >= 15 is 0 Å². The summed E-state index contributed by atoms with van der Waals surface area (Å²) in [6, 6.07) is 13.7. The van der Waals surface area contributed by atoms with Gasteiger partial charge in [0.2, 0.25) is 10.0 Å². The maximum absolute atomic E-state index is 13.2. The largest absolute Gasteiger partial charge is 0.490 e. The van der Waals surface area contributed by atoms with Crippen molar-refractivity contribution < 1.29 is 22.7 Å². The minimum atomic E-state index is -3.70. The van der Waals surface area contributed by atoms with Crippen LogP contribution in [0.2, 0.25) is 0 Å². The second-order valence-electron chi connectivity index (χ2n) is 7.85. The molecule has 1 saturated heterocycles. The molecule has 2 aliphatic heterocycles. The Hall–Kier alpha value is -3.37. The topological polar surface area (TPSA) is 94.0 Å². The lowest BCUT2D eigenvalue weighted by molar-refractivity contribution is 0.0698. The van der Waals surface area contributed by atoms with Crippen LogP contribution in [0.5, 0.6) is 11.5 Å². The van der Waals surface area contributed by atoms with E-state index in [0.29, 0.717) is 43.4 Å². The first-order valence-electron chi connectivity index (χ1n) is 10.8. The number of ether oxygens (including phenoxy) is 2. The third kappa shape index (κ3) is 4.31. The fourth-order valence-corrected chi connectivity index (χ4v) is 5.38. The summed E-state index contributed by atoms with van der Waals surface area (Å²) in [4.78, 5) is 14.8. The lowest BCUT2D eigenvalue weighted by atomic mass is 10.1. The fraction of sp³-hybridized carbons (Fsp3) is 0.304. The van der Waals surface area contributed by atoms with Crippen molar-refractivity contribution in [3.63, 3.8) is 0 Å². The second-order valence-corrected chi connectivity index (χ2v) is 9.79. The van der Waals surface area contributed by atoms with Crippen LogP contribution in [0, 0.1) is 0 Å². The SMILES string of the molecule is O=C(c1ccc(-n2cccn2)cc1)N1CCN(S(=O)(=O)c2ccc3c(c2)OCCCO3)CC1. The number of piperazine rings is 1. The van der Waals surface area contributed by atoms with Crippen molar-refractivity contribution in [1.29, 1.82) is 0 Å². The van der Waals surface area contributed by atoms with Gasteiger partial charge in [-0.15, -0.1) is 0 Å². The van der Waals surface area contributed by atoms with Crippen molar-refractivity contribution in [3.05, 3.63) is 66.5 Å². The summed E-state index contributed by atoms with van der Waals surface area (Å²) < 4.78 is 40.7. The first-order valence-corrected chi connectivity index (χ1v) is 12.3. The molecule has 0 spiro atoms. The fourth-order valence-electron chi connectivity index (χ4n) is 3.95. The van der Waals surface area contributed by atoms with E-state index in [1.54, 1.807) is 40.0 Å². The number of carbonyl (C=O) groups excluding carboxylic acids is 1. The van der Waals surface area contributed by atoms with E-state index in [1.807, 2.05) is 24.4 Å². The minimum absolute atomic E-state index is 0.116. The van der Waals surface area contributed by atoms with Crippen LogP contribution in [0.3, 0.4) is 0 Å². The van der Waals surface area contributed by atoms with Gasteiger partial charge in [0.1, 0.15) is 0 Å². The van der Waals surface area contributed by atoms with E-state index in [2.05, 4.69) is 5.10 Å². The first-order chi connectivity index (χ1) is 16.0. The van der Waals surface area contributed by atoms with Gasteiger partial charge in [-0.3, -0.25) is 4.79 Å². The zero-order valence-corrected chi connectivity index (χ0v) is 18.8. The number of carbonyl (C=O) groups is 1. The minimum Gasteiger partial charge on any atom is -0.490 e. The molecule has 2 aromatic carbocycles. The van der Waals surface area contributed by atoms with Crippen LogP contribution in [-0.4, -0.2) is 72.7 Å². The second kappa shape index (κ2) is 8.87. The van der Waals surface area contributed by atoms with Gasteiger partial charge in [-0.2, -0.15) is 9.40 Å². The van der Waals surface area contributed by atoms with Gasteiger partial charge in [0, 0.05) is 56.6 Å². The molecular formula is C23H24N4O5S. The Morgan fingerprint density at radius 1 is 0.909 bits per heavy atom. The van der Waals surface area contributed by atoms with Crippen LogP contribution in [0.25, 0.3) is 5.69 Å². The summed E-state index contributed by atoms with van der Waals surface area (Å²) in [6.45, 7) is 2.14. The quantitative estimate of drug-likeness (QED) is 0.583. The third-order valence-electron chi connectivity index (χ3n) is 5.77. The summed E-state index contributed by atoms with van der Waals surface area (Å²) in [5, 5.41) is 4.18. The first kappa shape index (κ1) is 21.5. The van der Waals surface area contributed by atoms with Crippen LogP contribution >= 0.6 is 0 Å². The maximum atomic E-state index is 13.2. The molecule has 10 heteroatoms. The zero-order chi connectivity index (χ0) is 22.8. The van der Waals surface area contributed by atoms with E-state index in [4.69, 9.17) is 9.47 Å². The highest BCUT2D eigenvalue weighted by atomic mass is 32.2. The molecule has 5 rings (SSSR count). The van der Waals surface area contributed by atoms with Crippen molar-refractivity contribution in [2.45, 2.75) is 11.3 Å². The summed E-state index contributed by atoms with van der Waals surface area (Å²) in [7, 11) is -3.70. The Morgan fingerprint density at radius 2 is 1.64 bits per heavy atom. The molecule has 0 aliphatic carbocycles. The molecule has 172 valence electrons. The van der Waals surface area contributed by atoms with Crippen molar-refractivity contribution in [2.24, 2.45) is 0 Å². The van der Waals surface area contributed by atoms with Gasteiger partial charge in [-0.1, -0.05) is 0 Å². The van der Waals surface area contributed by atoms with Gasteiger partial charge < -0.3 is 14.4 Å². The predicted molar refractivity (Wildman–Crippen MR) is 120 cm³/mol. The van der Waals surface area contributed by atoms with Crippen LogP contribution in [0.15, 0.2) is 65.8 Å². The van der Waals surface area contributed by atoms with Crippen molar-refractivity contribution >= 4 is 15.9 Å². The van der Waals surface area contributed by atoms with Crippen molar-refractivity contribution in [3.8, 4) is 17.2 Å². The van der Waals surface area contributed by atoms with Gasteiger partial charge in [-0.05, 0) is 42.5 Å². The maximum Gasteiger partial charge on any atom is 0.253 e. The van der Waals surface area contributed by atoms with Gasteiger partial charge in [0.05, 0.1) is 23.8 Å². The Labute approximate surface area is 192 Å². The average molecular weight is 469 g/mol. The van der Waals surface area contributed by atoms with Crippen LogP contribution in [-0.2, 0) is 10.0 Å². The molecule has 0 N–H and O–H groups in total. The summed E-state index contributed by atoms with van der Waals surface area (Å²) in [5.41, 5.74) is 1.42. The van der Waals surface area contributed by atoms with E-state index in [1.165, 1.54) is 10.4 Å². The molecule has 1 aromatic heterocycles. The number of nitrogens with zero attached hydrogens (tertiary/aromatic N) is 4. The van der Waals surface area contributed by atoms with Gasteiger partial charge in [0.25, 0.3) is 5.91 Å². The normalized spacial score (nSPS) is 16.9. The summed E-state index contributed by atoms with van der Waals surface area (Å²) in [6.07, 6.45) is 4.28. The number of hydrogen-bond donors (Lipinski definition) is 0.